The van der Waals surface area contributed by atoms with Crippen LogP contribution in [0.4, 0.5) is 0 Å². The van der Waals surface area contributed by atoms with Gasteiger partial charge in [0.1, 0.15) is 4.90 Å². The molecule has 5 nitrogen and oxygen atoms in total. The topological polar surface area (TPSA) is 53.0 Å². The Morgan fingerprint density at radius 3 is 2.53 bits per heavy atom. The van der Waals surface area contributed by atoms with E-state index < -0.39 is 10.0 Å². The zero-order chi connectivity index (χ0) is 13.5. The summed E-state index contributed by atoms with van der Waals surface area (Å²) in [6, 6.07) is 7.07. The first-order valence-electron chi connectivity index (χ1n) is 6.53. The Morgan fingerprint density at radius 1 is 1.16 bits per heavy atom. The number of piperazine rings is 1. The molecule has 0 unspecified atom stereocenters. The van der Waals surface area contributed by atoms with Crippen molar-refractivity contribution in [3.63, 3.8) is 0 Å². The summed E-state index contributed by atoms with van der Waals surface area (Å²) in [4.78, 5) is 4.77. The van der Waals surface area contributed by atoms with E-state index in [4.69, 9.17) is 0 Å². The summed E-state index contributed by atoms with van der Waals surface area (Å²) in [7, 11) is -3.49. The molecule has 0 bridgehead atoms. The van der Waals surface area contributed by atoms with Crippen molar-refractivity contribution in [2.24, 2.45) is 4.40 Å². The maximum atomic E-state index is 12.0. The summed E-state index contributed by atoms with van der Waals surface area (Å²) in [5.74, 6) is 0.617. The van der Waals surface area contributed by atoms with Gasteiger partial charge < -0.3 is 9.80 Å². The molecule has 1 aromatic carbocycles. The van der Waals surface area contributed by atoms with Crippen molar-refractivity contribution < 1.29 is 8.42 Å². The molecule has 6 heteroatoms. The van der Waals surface area contributed by atoms with Gasteiger partial charge in [0.05, 0.1) is 0 Å². The number of benzene rings is 1. The smallest absolute Gasteiger partial charge is 0.285 e. The van der Waals surface area contributed by atoms with Crippen LogP contribution in [-0.2, 0) is 10.0 Å². The van der Waals surface area contributed by atoms with Crippen LogP contribution in [0, 0.1) is 0 Å². The normalized spacial score (nSPS) is 22.2. The van der Waals surface area contributed by atoms with Crippen molar-refractivity contribution in [1.82, 2.24) is 9.80 Å². The minimum absolute atomic E-state index is 0.336. The number of nitrogens with zero attached hydrogens (tertiary/aromatic N) is 3. The molecule has 0 spiro atoms. The van der Waals surface area contributed by atoms with Gasteiger partial charge in [-0.25, -0.2) is 0 Å². The number of rotatable bonds is 1. The molecule has 0 amide bonds. The van der Waals surface area contributed by atoms with Crippen LogP contribution in [0.25, 0.3) is 0 Å². The molecule has 3 rings (SSSR count). The fraction of sp³-hybridized carbons (Fsp3) is 0.462. The molecule has 19 heavy (non-hydrogen) atoms. The first-order chi connectivity index (χ1) is 9.12. The van der Waals surface area contributed by atoms with Crippen LogP contribution < -0.4 is 0 Å². The second-order valence-corrected chi connectivity index (χ2v) is 6.38. The van der Waals surface area contributed by atoms with Crippen LogP contribution in [0.2, 0.25) is 0 Å². The fourth-order valence-electron chi connectivity index (χ4n) is 2.59. The van der Waals surface area contributed by atoms with Crippen LogP contribution in [0.3, 0.4) is 0 Å². The third-order valence-corrected chi connectivity index (χ3v) is 5.06. The van der Waals surface area contributed by atoms with Crippen molar-refractivity contribution in [2.45, 2.75) is 11.8 Å². The third kappa shape index (κ3) is 2.15. The Labute approximate surface area is 113 Å². The fourth-order valence-corrected chi connectivity index (χ4v) is 3.82. The molecule has 0 saturated carbocycles. The molecule has 2 heterocycles. The Bertz CT molecular complexity index is 617. The van der Waals surface area contributed by atoms with E-state index >= 15 is 0 Å². The van der Waals surface area contributed by atoms with Crippen molar-refractivity contribution in [3.8, 4) is 0 Å². The minimum atomic E-state index is -3.49. The van der Waals surface area contributed by atoms with Crippen molar-refractivity contribution in [1.29, 1.82) is 0 Å². The van der Waals surface area contributed by atoms with Gasteiger partial charge in [0.25, 0.3) is 10.0 Å². The summed E-state index contributed by atoms with van der Waals surface area (Å²) in [5.41, 5.74) is 0.743. The summed E-state index contributed by atoms with van der Waals surface area (Å²) >= 11 is 0. The first-order valence-corrected chi connectivity index (χ1v) is 7.97. The predicted molar refractivity (Wildman–Crippen MR) is 73.9 cm³/mol. The molecule has 102 valence electrons. The number of amidine groups is 1. The average molecular weight is 279 g/mol. The lowest BCUT2D eigenvalue weighted by Crippen LogP contribution is -2.48. The SMILES string of the molecule is CCN1CCN(C2=NS(=O)(=O)c3ccccc32)CC1. The van der Waals surface area contributed by atoms with E-state index in [0.29, 0.717) is 10.7 Å². The molecule has 1 fully saturated rings. The van der Waals surface area contributed by atoms with E-state index in [2.05, 4.69) is 21.1 Å². The Kier molecular flexibility index (Phi) is 3.06. The van der Waals surface area contributed by atoms with Gasteiger partial charge in [0.2, 0.25) is 0 Å². The molecule has 2 aliphatic rings. The van der Waals surface area contributed by atoms with Gasteiger partial charge in [-0.15, -0.1) is 4.40 Å². The van der Waals surface area contributed by atoms with E-state index in [1.54, 1.807) is 12.1 Å². The zero-order valence-corrected chi connectivity index (χ0v) is 11.7. The molecule has 0 atom stereocenters. The Balaban J connectivity index is 1.91. The summed E-state index contributed by atoms with van der Waals surface area (Å²) in [5, 5.41) is 0. The summed E-state index contributed by atoms with van der Waals surface area (Å²) in [6.45, 7) is 6.75. The van der Waals surface area contributed by atoms with E-state index in [9.17, 15) is 8.42 Å². The van der Waals surface area contributed by atoms with Gasteiger partial charge in [-0.2, -0.15) is 8.42 Å². The van der Waals surface area contributed by atoms with E-state index in [-0.39, 0.29) is 0 Å². The highest BCUT2D eigenvalue weighted by Crippen LogP contribution is 2.27. The van der Waals surface area contributed by atoms with E-state index in [1.165, 1.54) is 0 Å². The maximum absolute atomic E-state index is 12.0. The molecule has 0 aliphatic carbocycles. The molecule has 0 aromatic heterocycles. The second-order valence-electron chi connectivity index (χ2n) is 4.81. The van der Waals surface area contributed by atoms with Crippen molar-refractivity contribution in [2.75, 3.05) is 32.7 Å². The predicted octanol–water partition coefficient (Wildman–Crippen LogP) is 0.773. The Hall–Kier alpha value is -1.40. The van der Waals surface area contributed by atoms with Gasteiger partial charge in [0.15, 0.2) is 5.84 Å². The molecule has 0 radical (unpaired) electrons. The van der Waals surface area contributed by atoms with Gasteiger partial charge in [-0.3, -0.25) is 0 Å². The number of sulfonamides is 1. The van der Waals surface area contributed by atoms with Gasteiger partial charge in [0, 0.05) is 31.7 Å². The number of likely N-dealkylation sites (N-methyl/N-ethyl adjacent to an activating group) is 1. The van der Waals surface area contributed by atoms with Crippen LogP contribution in [0.1, 0.15) is 12.5 Å². The number of fused-ring (bicyclic) bond motifs is 1. The van der Waals surface area contributed by atoms with Gasteiger partial charge >= 0.3 is 0 Å². The molecule has 1 saturated heterocycles. The van der Waals surface area contributed by atoms with Gasteiger partial charge in [-0.05, 0) is 18.7 Å². The lowest BCUT2D eigenvalue weighted by molar-refractivity contribution is 0.190. The standard InChI is InChI=1S/C13H17N3O2S/c1-2-15-7-9-16(10-8-15)13-11-5-3-4-6-12(11)19(17,18)14-13/h3-6H,2,7-10H2,1H3. The summed E-state index contributed by atoms with van der Waals surface area (Å²) < 4.78 is 28.0. The highest BCUT2D eigenvalue weighted by molar-refractivity contribution is 7.90. The third-order valence-electron chi connectivity index (χ3n) is 3.73. The first kappa shape index (κ1) is 12.6. The quantitative estimate of drug-likeness (QED) is 0.762. The Morgan fingerprint density at radius 2 is 1.84 bits per heavy atom. The molecular formula is C13H17N3O2S. The van der Waals surface area contributed by atoms with Crippen LogP contribution in [-0.4, -0.2) is 56.8 Å². The van der Waals surface area contributed by atoms with Crippen LogP contribution in [0.5, 0.6) is 0 Å². The maximum Gasteiger partial charge on any atom is 0.285 e. The van der Waals surface area contributed by atoms with E-state index in [1.807, 2.05) is 12.1 Å². The molecule has 1 aromatic rings. The largest absolute Gasteiger partial charge is 0.353 e. The minimum Gasteiger partial charge on any atom is -0.353 e. The van der Waals surface area contributed by atoms with Crippen molar-refractivity contribution in [3.05, 3.63) is 29.8 Å². The zero-order valence-electron chi connectivity index (χ0n) is 10.9. The summed E-state index contributed by atoms with van der Waals surface area (Å²) in [6.07, 6.45) is 0. The van der Waals surface area contributed by atoms with Crippen molar-refractivity contribution >= 4 is 15.9 Å². The monoisotopic (exact) mass is 279 g/mol. The highest BCUT2D eigenvalue weighted by Gasteiger charge is 2.32. The average Bonchev–Trinajstić information content (AvgIpc) is 2.72. The second kappa shape index (κ2) is 4.61. The lowest BCUT2D eigenvalue weighted by Gasteiger charge is -2.35. The molecule has 0 N–H and O–H groups in total. The molecular weight excluding hydrogens is 262 g/mol. The number of hydrogen-bond donors (Lipinski definition) is 0. The number of hydrogen-bond acceptors (Lipinski definition) is 4. The van der Waals surface area contributed by atoms with Gasteiger partial charge in [-0.1, -0.05) is 19.1 Å². The van der Waals surface area contributed by atoms with Crippen LogP contribution >= 0.6 is 0 Å². The van der Waals surface area contributed by atoms with Crippen LogP contribution in [0.15, 0.2) is 33.6 Å². The lowest BCUT2D eigenvalue weighted by atomic mass is 10.1. The molecule has 2 aliphatic heterocycles. The van der Waals surface area contributed by atoms with E-state index in [0.717, 1.165) is 38.3 Å². The highest BCUT2D eigenvalue weighted by atomic mass is 32.2.